The molecule has 1 aromatic rings. The first-order valence-corrected chi connectivity index (χ1v) is 5.10. The molecule has 1 saturated carbocycles. The van der Waals surface area contributed by atoms with Crippen LogP contribution in [0.15, 0.2) is 18.3 Å². The highest BCUT2D eigenvalue weighted by Gasteiger charge is 2.20. The summed E-state index contributed by atoms with van der Waals surface area (Å²) in [4.78, 5) is 14.1. The molecule has 2 rings (SSSR count). The van der Waals surface area contributed by atoms with Crippen molar-refractivity contribution >= 4 is 11.5 Å². The van der Waals surface area contributed by atoms with E-state index in [1.54, 1.807) is 0 Å². The maximum Gasteiger partial charge on any atom is 0.274 e. The van der Waals surface area contributed by atoms with Crippen molar-refractivity contribution < 1.29 is 4.92 Å². The van der Waals surface area contributed by atoms with Crippen LogP contribution in [-0.4, -0.2) is 16.5 Å². The van der Waals surface area contributed by atoms with E-state index in [2.05, 4.69) is 10.3 Å². The molecule has 0 aliphatic heterocycles. The van der Waals surface area contributed by atoms with Crippen LogP contribution in [0.25, 0.3) is 0 Å². The van der Waals surface area contributed by atoms with Gasteiger partial charge >= 0.3 is 0 Å². The zero-order valence-electron chi connectivity index (χ0n) is 8.35. The third kappa shape index (κ3) is 2.90. The minimum atomic E-state index is -0.409. The molecule has 0 saturated heterocycles. The number of nitro groups is 1. The Morgan fingerprint density at radius 2 is 2.40 bits per heavy atom. The fraction of sp³-hybridized carbons (Fsp3) is 0.500. The molecule has 1 N–H and O–H groups in total. The van der Waals surface area contributed by atoms with Gasteiger partial charge in [0, 0.05) is 18.8 Å². The van der Waals surface area contributed by atoms with Crippen LogP contribution in [-0.2, 0) is 0 Å². The second kappa shape index (κ2) is 4.25. The summed E-state index contributed by atoms with van der Waals surface area (Å²) < 4.78 is 0. The van der Waals surface area contributed by atoms with Crippen molar-refractivity contribution in [3.8, 4) is 0 Å². The summed E-state index contributed by atoms with van der Waals surface area (Å²) in [6.07, 6.45) is 5.23. The molecule has 0 spiro atoms. The van der Waals surface area contributed by atoms with Gasteiger partial charge in [-0.05, 0) is 12.3 Å². The summed E-state index contributed by atoms with van der Waals surface area (Å²) in [6.45, 7) is 0.846. The van der Waals surface area contributed by atoms with Gasteiger partial charge in [-0.15, -0.1) is 0 Å². The van der Waals surface area contributed by atoms with Crippen molar-refractivity contribution in [1.82, 2.24) is 4.98 Å². The number of nitrogens with zero attached hydrogens (tertiary/aromatic N) is 2. The zero-order valence-corrected chi connectivity index (χ0v) is 8.35. The molecule has 0 amide bonds. The predicted molar refractivity (Wildman–Crippen MR) is 56.7 cm³/mol. The SMILES string of the molecule is O=[N+]([O-])c1ccnc(NCCC2CC2)c1. The smallest absolute Gasteiger partial charge is 0.274 e. The van der Waals surface area contributed by atoms with E-state index in [1.165, 1.54) is 31.2 Å². The summed E-state index contributed by atoms with van der Waals surface area (Å²) in [5, 5.41) is 13.6. The van der Waals surface area contributed by atoms with Crippen LogP contribution in [0.3, 0.4) is 0 Å². The van der Waals surface area contributed by atoms with E-state index in [0.29, 0.717) is 5.82 Å². The molecule has 1 fully saturated rings. The van der Waals surface area contributed by atoms with E-state index in [9.17, 15) is 10.1 Å². The lowest BCUT2D eigenvalue weighted by atomic mass is 10.3. The molecule has 0 atom stereocenters. The summed E-state index contributed by atoms with van der Waals surface area (Å²) in [6, 6.07) is 2.86. The third-order valence-electron chi connectivity index (χ3n) is 2.51. The van der Waals surface area contributed by atoms with Gasteiger partial charge in [0.05, 0.1) is 11.0 Å². The van der Waals surface area contributed by atoms with Crippen LogP contribution in [0, 0.1) is 16.0 Å². The molecule has 1 aromatic heterocycles. The maximum absolute atomic E-state index is 10.5. The number of nitrogens with one attached hydrogen (secondary N) is 1. The van der Waals surface area contributed by atoms with E-state index in [0.717, 1.165) is 18.9 Å². The molecular weight excluding hydrogens is 194 g/mol. The Balaban J connectivity index is 1.88. The molecule has 1 aliphatic carbocycles. The topological polar surface area (TPSA) is 68.1 Å². The van der Waals surface area contributed by atoms with Gasteiger partial charge in [0.1, 0.15) is 5.82 Å². The highest BCUT2D eigenvalue weighted by Crippen LogP contribution is 2.32. The van der Waals surface area contributed by atoms with Gasteiger partial charge in [-0.25, -0.2) is 4.98 Å². The quantitative estimate of drug-likeness (QED) is 0.593. The van der Waals surface area contributed by atoms with Crippen LogP contribution in [0.4, 0.5) is 11.5 Å². The summed E-state index contributed by atoms with van der Waals surface area (Å²) >= 11 is 0. The first kappa shape index (κ1) is 9.89. The number of aromatic nitrogens is 1. The molecule has 1 aliphatic rings. The van der Waals surface area contributed by atoms with Crippen LogP contribution >= 0.6 is 0 Å². The van der Waals surface area contributed by atoms with Gasteiger partial charge in [0.15, 0.2) is 0 Å². The van der Waals surface area contributed by atoms with Crippen LogP contribution in [0.2, 0.25) is 0 Å². The van der Waals surface area contributed by atoms with Gasteiger partial charge in [-0.1, -0.05) is 12.8 Å². The Labute approximate surface area is 87.7 Å². The largest absolute Gasteiger partial charge is 0.370 e. The minimum Gasteiger partial charge on any atom is -0.370 e. The normalized spacial score (nSPS) is 14.9. The van der Waals surface area contributed by atoms with Crippen molar-refractivity contribution in [2.24, 2.45) is 5.92 Å². The summed E-state index contributed by atoms with van der Waals surface area (Å²) in [7, 11) is 0. The van der Waals surface area contributed by atoms with Crippen molar-refractivity contribution in [3.05, 3.63) is 28.4 Å². The fourth-order valence-corrected chi connectivity index (χ4v) is 1.44. The first-order chi connectivity index (χ1) is 7.25. The molecule has 0 unspecified atom stereocenters. The van der Waals surface area contributed by atoms with E-state index in [4.69, 9.17) is 0 Å². The van der Waals surface area contributed by atoms with E-state index in [-0.39, 0.29) is 5.69 Å². The van der Waals surface area contributed by atoms with Crippen molar-refractivity contribution in [3.63, 3.8) is 0 Å². The number of hydrogen-bond acceptors (Lipinski definition) is 4. The van der Waals surface area contributed by atoms with Gasteiger partial charge in [0.25, 0.3) is 5.69 Å². The highest BCUT2D eigenvalue weighted by atomic mass is 16.6. The molecular formula is C10H13N3O2. The summed E-state index contributed by atoms with van der Waals surface area (Å²) in [5.74, 6) is 1.45. The molecule has 80 valence electrons. The van der Waals surface area contributed by atoms with E-state index in [1.807, 2.05) is 0 Å². The Morgan fingerprint density at radius 1 is 1.60 bits per heavy atom. The molecule has 0 radical (unpaired) electrons. The summed E-state index contributed by atoms with van der Waals surface area (Å²) in [5.41, 5.74) is 0.0823. The number of pyridine rings is 1. The van der Waals surface area contributed by atoms with Crippen LogP contribution in [0.5, 0.6) is 0 Å². The third-order valence-corrected chi connectivity index (χ3v) is 2.51. The standard InChI is InChI=1S/C10H13N3O2/c14-13(15)9-4-6-12-10(7-9)11-5-3-8-1-2-8/h4,6-8H,1-3,5H2,(H,11,12). The molecule has 1 heterocycles. The minimum absolute atomic E-state index is 0.0823. The fourth-order valence-electron chi connectivity index (χ4n) is 1.44. The van der Waals surface area contributed by atoms with Gasteiger partial charge < -0.3 is 5.32 Å². The molecule has 15 heavy (non-hydrogen) atoms. The lowest BCUT2D eigenvalue weighted by Gasteiger charge is -2.03. The Hall–Kier alpha value is -1.65. The van der Waals surface area contributed by atoms with Crippen molar-refractivity contribution in [2.45, 2.75) is 19.3 Å². The van der Waals surface area contributed by atoms with Gasteiger partial charge in [-0.3, -0.25) is 10.1 Å². The maximum atomic E-state index is 10.5. The lowest BCUT2D eigenvalue weighted by Crippen LogP contribution is -2.04. The van der Waals surface area contributed by atoms with Crippen LogP contribution < -0.4 is 5.32 Å². The number of hydrogen-bond donors (Lipinski definition) is 1. The predicted octanol–water partition coefficient (Wildman–Crippen LogP) is 2.20. The average Bonchev–Trinajstić information content (AvgIpc) is 3.02. The Kier molecular flexibility index (Phi) is 2.80. The molecule has 0 aromatic carbocycles. The molecule has 5 nitrogen and oxygen atoms in total. The first-order valence-electron chi connectivity index (χ1n) is 5.10. The monoisotopic (exact) mass is 207 g/mol. The van der Waals surface area contributed by atoms with Crippen LogP contribution in [0.1, 0.15) is 19.3 Å². The zero-order chi connectivity index (χ0) is 10.7. The van der Waals surface area contributed by atoms with Crippen molar-refractivity contribution in [1.29, 1.82) is 0 Å². The lowest BCUT2D eigenvalue weighted by molar-refractivity contribution is -0.384. The van der Waals surface area contributed by atoms with Crippen molar-refractivity contribution in [2.75, 3.05) is 11.9 Å². The molecule has 5 heteroatoms. The molecule has 0 bridgehead atoms. The second-order valence-corrected chi connectivity index (χ2v) is 3.82. The Bertz CT molecular complexity index is 363. The highest BCUT2D eigenvalue weighted by molar-refractivity contribution is 5.44. The van der Waals surface area contributed by atoms with Gasteiger partial charge in [0.2, 0.25) is 0 Å². The average molecular weight is 207 g/mol. The van der Waals surface area contributed by atoms with E-state index >= 15 is 0 Å². The Morgan fingerprint density at radius 3 is 3.07 bits per heavy atom. The number of anilines is 1. The van der Waals surface area contributed by atoms with Gasteiger partial charge in [-0.2, -0.15) is 0 Å². The number of rotatable bonds is 5. The van der Waals surface area contributed by atoms with E-state index < -0.39 is 4.92 Å². The second-order valence-electron chi connectivity index (χ2n) is 3.82.